The first kappa shape index (κ1) is 12.7. The zero-order valence-corrected chi connectivity index (χ0v) is 11.7. The maximum Gasteiger partial charge on any atom is 0.183 e. The van der Waals surface area contributed by atoms with Crippen LogP contribution < -0.4 is 10.6 Å². The molecule has 6 nitrogen and oxygen atoms in total. The molecule has 4 N–H and O–H groups in total. The third-order valence-corrected chi connectivity index (χ3v) is 4.43. The van der Waals surface area contributed by atoms with Crippen molar-refractivity contribution in [3.8, 4) is 0 Å². The van der Waals surface area contributed by atoms with Gasteiger partial charge in [-0.15, -0.1) is 0 Å². The summed E-state index contributed by atoms with van der Waals surface area (Å²) in [6, 6.07) is 0. The van der Waals surface area contributed by atoms with E-state index < -0.39 is 0 Å². The number of anilines is 1. The van der Waals surface area contributed by atoms with Crippen LogP contribution in [0.25, 0.3) is 11.2 Å². The molecule has 0 atom stereocenters. The van der Waals surface area contributed by atoms with Crippen LogP contribution in [0.2, 0.25) is 0 Å². The molecule has 7 heteroatoms. The summed E-state index contributed by atoms with van der Waals surface area (Å²) >= 11 is 1.74. The molecule has 2 aromatic rings. The third kappa shape index (κ3) is 2.98. The summed E-state index contributed by atoms with van der Waals surface area (Å²) in [7, 11) is 0. The van der Waals surface area contributed by atoms with Crippen LogP contribution in [0.4, 0.5) is 5.82 Å². The van der Waals surface area contributed by atoms with Crippen molar-refractivity contribution in [2.45, 2.75) is 24.4 Å². The molecule has 3 rings (SSSR count). The fourth-order valence-corrected chi connectivity index (χ4v) is 3.40. The van der Waals surface area contributed by atoms with Crippen molar-refractivity contribution in [3.63, 3.8) is 0 Å². The van der Waals surface area contributed by atoms with Gasteiger partial charge in [0.05, 0.1) is 25.4 Å². The second kappa shape index (κ2) is 5.75. The first-order valence-corrected chi connectivity index (χ1v) is 7.74. The number of aromatic nitrogens is 4. The smallest absolute Gasteiger partial charge is 0.183 e. The lowest BCUT2D eigenvalue weighted by Crippen LogP contribution is -3.13. The van der Waals surface area contributed by atoms with Gasteiger partial charge in [0.1, 0.15) is 11.8 Å². The lowest BCUT2D eigenvalue weighted by molar-refractivity contribution is -0.902. The van der Waals surface area contributed by atoms with E-state index in [1.807, 2.05) is 0 Å². The fourth-order valence-electron chi connectivity index (χ4n) is 2.49. The molecule has 3 heterocycles. The number of quaternary nitrogens is 1. The fraction of sp³-hybridized carbons (Fsp3) is 0.583. The van der Waals surface area contributed by atoms with E-state index in [0.29, 0.717) is 11.5 Å². The number of piperidine rings is 1. The number of fused-ring (bicyclic) bond motifs is 1. The number of rotatable bonds is 4. The number of nitrogens with one attached hydrogen (secondary N) is 2. The number of nitrogens with zero attached hydrogens (tertiary/aromatic N) is 3. The van der Waals surface area contributed by atoms with Crippen LogP contribution >= 0.6 is 11.8 Å². The monoisotopic (exact) mass is 279 g/mol. The Bertz CT molecular complexity index is 548. The quantitative estimate of drug-likeness (QED) is 0.691. The molecule has 1 aliphatic rings. The molecule has 0 saturated carbocycles. The molecule has 1 saturated heterocycles. The van der Waals surface area contributed by atoms with Crippen molar-refractivity contribution in [1.29, 1.82) is 0 Å². The Kier molecular flexibility index (Phi) is 3.84. The van der Waals surface area contributed by atoms with Gasteiger partial charge in [0.15, 0.2) is 16.6 Å². The molecule has 0 spiro atoms. The average Bonchev–Trinajstić information content (AvgIpc) is 2.84. The van der Waals surface area contributed by atoms with E-state index in [2.05, 4.69) is 19.9 Å². The molecule has 0 radical (unpaired) electrons. The van der Waals surface area contributed by atoms with E-state index in [4.69, 9.17) is 5.73 Å². The van der Waals surface area contributed by atoms with Crippen LogP contribution in [-0.4, -0.2) is 45.3 Å². The van der Waals surface area contributed by atoms with Crippen LogP contribution in [-0.2, 0) is 0 Å². The van der Waals surface area contributed by atoms with Crippen molar-refractivity contribution >= 4 is 28.7 Å². The van der Waals surface area contributed by atoms with E-state index >= 15 is 0 Å². The van der Waals surface area contributed by atoms with E-state index in [1.54, 1.807) is 16.7 Å². The van der Waals surface area contributed by atoms with Gasteiger partial charge in [0.25, 0.3) is 0 Å². The minimum absolute atomic E-state index is 0.464. The van der Waals surface area contributed by atoms with Gasteiger partial charge in [0, 0.05) is 0 Å². The zero-order valence-electron chi connectivity index (χ0n) is 10.9. The van der Waals surface area contributed by atoms with Crippen molar-refractivity contribution in [2.24, 2.45) is 0 Å². The van der Waals surface area contributed by atoms with Crippen LogP contribution in [0.15, 0.2) is 11.5 Å². The van der Waals surface area contributed by atoms with E-state index in [9.17, 15) is 0 Å². The molecule has 0 aliphatic carbocycles. The Morgan fingerprint density at radius 1 is 1.26 bits per heavy atom. The Hall–Kier alpha value is -1.34. The summed E-state index contributed by atoms with van der Waals surface area (Å²) in [6.45, 7) is 3.83. The Morgan fingerprint density at radius 3 is 2.89 bits per heavy atom. The highest BCUT2D eigenvalue weighted by Gasteiger charge is 2.14. The van der Waals surface area contributed by atoms with Gasteiger partial charge in [-0.1, -0.05) is 11.8 Å². The zero-order chi connectivity index (χ0) is 13.1. The average molecular weight is 279 g/mol. The second-order valence-corrected chi connectivity index (χ2v) is 5.99. The van der Waals surface area contributed by atoms with Crippen LogP contribution in [0.3, 0.4) is 0 Å². The molecule has 19 heavy (non-hydrogen) atoms. The standard InChI is InChI=1S/C12H18N6S/c13-10-9-11(15-8-14-10)17-12(16-9)19-7-6-18-4-2-1-3-5-18/h8H,1-7H2,(H3,13,14,15,16,17)/p+1. The van der Waals surface area contributed by atoms with Gasteiger partial charge in [-0.25, -0.2) is 15.0 Å². The number of nitrogen functional groups attached to an aromatic ring is 1. The van der Waals surface area contributed by atoms with Gasteiger partial charge in [0.2, 0.25) is 0 Å². The molecule has 0 aromatic carbocycles. The first-order valence-electron chi connectivity index (χ1n) is 6.75. The summed E-state index contributed by atoms with van der Waals surface area (Å²) < 4.78 is 0. The SMILES string of the molecule is Nc1ncnc2nc(SCC[NH+]3CCCCC3)[nH]c12. The van der Waals surface area contributed by atoms with Crippen molar-refractivity contribution < 1.29 is 4.90 Å². The Balaban J connectivity index is 1.57. The Morgan fingerprint density at radius 2 is 2.11 bits per heavy atom. The summed E-state index contributed by atoms with van der Waals surface area (Å²) in [5.41, 5.74) is 7.18. The topological polar surface area (TPSA) is 84.9 Å². The predicted molar refractivity (Wildman–Crippen MR) is 76.2 cm³/mol. The third-order valence-electron chi connectivity index (χ3n) is 3.55. The number of hydrogen-bond acceptors (Lipinski definition) is 5. The molecule has 0 bridgehead atoms. The lowest BCUT2D eigenvalue weighted by atomic mass is 10.1. The van der Waals surface area contributed by atoms with Gasteiger partial charge < -0.3 is 15.6 Å². The van der Waals surface area contributed by atoms with Gasteiger partial charge >= 0.3 is 0 Å². The van der Waals surface area contributed by atoms with Crippen molar-refractivity contribution in [3.05, 3.63) is 6.33 Å². The maximum absolute atomic E-state index is 5.78. The van der Waals surface area contributed by atoms with Crippen molar-refractivity contribution in [1.82, 2.24) is 19.9 Å². The maximum atomic E-state index is 5.78. The minimum atomic E-state index is 0.464. The highest BCUT2D eigenvalue weighted by Crippen LogP contribution is 2.19. The minimum Gasteiger partial charge on any atom is -0.382 e. The van der Waals surface area contributed by atoms with Gasteiger partial charge in [-0.05, 0) is 19.3 Å². The normalized spacial score (nSPS) is 17.1. The van der Waals surface area contributed by atoms with Crippen molar-refractivity contribution in [2.75, 3.05) is 31.1 Å². The van der Waals surface area contributed by atoms with E-state index in [0.717, 1.165) is 16.4 Å². The van der Waals surface area contributed by atoms with Crippen LogP contribution in [0.1, 0.15) is 19.3 Å². The number of H-pyrrole nitrogens is 1. The number of thioether (sulfide) groups is 1. The number of imidazole rings is 1. The summed E-state index contributed by atoms with van der Waals surface area (Å²) in [4.78, 5) is 17.4. The van der Waals surface area contributed by atoms with E-state index in [1.165, 1.54) is 45.2 Å². The number of aromatic amines is 1. The predicted octanol–water partition coefficient (Wildman–Crippen LogP) is 0.0960. The highest BCUT2D eigenvalue weighted by molar-refractivity contribution is 7.99. The summed E-state index contributed by atoms with van der Waals surface area (Å²) in [6.07, 6.45) is 5.59. The number of nitrogens with two attached hydrogens (primary N) is 1. The number of likely N-dealkylation sites (tertiary alicyclic amines) is 1. The van der Waals surface area contributed by atoms with E-state index in [-0.39, 0.29) is 0 Å². The molecule has 102 valence electrons. The largest absolute Gasteiger partial charge is 0.382 e. The molecule has 0 amide bonds. The Labute approximate surface area is 116 Å². The molecule has 2 aromatic heterocycles. The highest BCUT2D eigenvalue weighted by atomic mass is 32.2. The molecule has 1 fully saturated rings. The summed E-state index contributed by atoms with van der Waals surface area (Å²) in [5.74, 6) is 1.54. The van der Waals surface area contributed by atoms with Crippen LogP contribution in [0.5, 0.6) is 0 Å². The number of hydrogen-bond donors (Lipinski definition) is 3. The van der Waals surface area contributed by atoms with Gasteiger partial charge in [-0.3, -0.25) is 0 Å². The molecular weight excluding hydrogens is 260 g/mol. The molecule has 1 aliphatic heterocycles. The summed E-state index contributed by atoms with van der Waals surface area (Å²) in [5, 5.41) is 0.888. The first-order chi connectivity index (χ1) is 9.33. The molecular formula is C12H19N6S+. The van der Waals surface area contributed by atoms with Gasteiger partial charge in [-0.2, -0.15) is 0 Å². The molecule has 0 unspecified atom stereocenters. The lowest BCUT2D eigenvalue weighted by Gasteiger charge is -2.22. The van der Waals surface area contributed by atoms with Crippen LogP contribution in [0, 0.1) is 0 Å². The second-order valence-electron chi connectivity index (χ2n) is 4.91.